The molecular weight excluding hydrogens is 423 g/mol. The lowest BCUT2D eigenvalue weighted by molar-refractivity contribution is 0.395. The average Bonchev–Trinajstić information content (AvgIpc) is 3.18. The standard InChI is InChI=1S/C26H23FN2O2S/c1-26(2)15-20-13-19(5-8-24(20)32(30,31)16-26)23-14-22(17-9-11-28-12-10-17)25(29-23)18-3-6-21(27)7-4-18/h3-14,29H,15-16H2,1-2H3. The van der Waals surface area contributed by atoms with Crippen LogP contribution in [0.25, 0.3) is 33.6 Å². The van der Waals surface area contributed by atoms with Crippen molar-refractivity contribution in [2.75, 3.05) is 5.75 Å². The van der Waals surface area contributed by atoms with Crippen molar-refractivity contribution < 1.29 is 12.8 Å². The van der Waals surface area contributed by atoms with Crippen LogP contribution in [0.5, 0.6) is 0 Å². The number of sulfone groups is 1. The molecule has 2 aromatic heterocycles. The zero-order valence-corrected chi connectivity index (χ0v) is 18.7. The number of nitrogens with one attached hydrogen (secondary N) is 1. The van der Waals surface area contributed by atoms with Crippen molar-refractivity contribution in [1.82, 2.24) is 9.97 Å². The fourth-order valence-electron chi connectivity index (χ4n) is 4.56. The number of hydrogen-bond donors (Lipinski definition) is 1. The van der Waals surface area contributed by atoms with E-state index in [9.17, 15) is 12.8 Å². The van der Waals surface area contributed by atoms with Crippen LogP contribution in [0.4, 0.5) is 4.39 Å². The number of pyridine rings is 1. The van der Waals surface area contributed by atoms with E-state index >= 15 is 0 Å². The van der Waals surface area contributed by atoms with Crippen molar-refractivity contribution in [3.05, 3.63) is 84.4 Å². The van der Waals surface area contributed by atoms with Crippen molar-refractivity contribution >= 4 is 9.84 Å². The van der Waals surface area contributed by atoms with Crippen molar-refractivity contribution in [2.45, 2.75) is 25.2 Å². The van der Waals surface area contributed by atoms with Gasteiger partial charge >= 0.3 is 0 Å². The second-order valence-corrected chi connectivity index (χ2v) is 11.1. The third kappa shape index (κ3) is 3.75. The second-order valence-electron chi connectivity index (χ2n) is 9.14. The highest BCUT2D eigenvalue weighted by molar-refractivity contribution is 7.91. The van der Waals surface area contributed by atoms with Crippen LogP contribution in [-0.2, 0) is 16.3 Å². The van der Waals surface area contributed by atoms with Gasteiger partial charge in [-0.05, 0) is 88.7 Å². The zero-order valence-electron chi connectivity index (χ0n) is 17.9. The highest BCUT2D eigenvalue weighted by atomic mass is 32.2. The van der Waals surface area contributed by atoms with Gasteiger partial charge in [0, 0.05) is 23.7 Å². The first-order valence-electron chi connectivity index (χ1n) is 10.5. The van der Waals surface area contributed by atoms with Crippen LogP contribution in [0.2, 0.25) is 0 Å². The highest BCUT2D eigenvalue weighted by Gasteiger charge is 2.35. The summed E-state index contributed by atoms with van der Waals surface area (Å²) in [4.78, 5) is 8.03. The molecule has 162 valence electrons. The molecule has 1 N–H and O–H groups in total. The summed E-state index contributed by atoms with van der Waals surface area (Å²) >= 11 is 0. The van der Waals surface area contributed by atoms with Gasteiger partial charge in [-0.1, -0.05) is 19.9 Å². The van der Waals surface area contributed by atoms with Gasteiger partial charge in [0.1, 0.15) is 5.82 Å². The minimum Gasteiger partial charge on any atom is -0.354 e. The van der Waals surface area contributed by atoms with E-state index in [1.165, 1.54) is 12.1 Å². The molecular formula is C26H23FN2O2S. The van der Waals surface area contributed by atoms with Crippen LogP contribution < -0.4 is 0 Å². The lowest BCUT2D eigenvalue weighted by atomic mass is 9.86. The van der Waals surface area contributed by atoms with Gasteiger partial charge in [0.15, 0.2) is 9.84 Å². The van der Waals surface area contributed by atoms with E-state index in [2.05, 4.69) is 16.0 Å². The molecule has 1 aliphatic rings. The van der Waals surface area contributed by atoms with Gasteiger partial charge in [0.05, 0.1) is 16.3 Å². The van der Waals surface area contributed by atoms with Crippen molar-refractivity contribution in [2.24, 2.45) is 5.41 Å². The Kier molecular flexibility index (Phi) is 4.78. The van der Waals surface area contributed by atoms with Crippen molar-refractivity contribution in [3.8, 4) is 33.6 Å². The number of aromatic nitrogens is 2. The second kappa shape index (κ2) is 7.41. The largest absolute Gasteiger partial charge is 0.354 e. The molecule has 0 atom stereocenters. The molecule has 0 fully saturated rings. The van der Waals surface area contributed by atoms with Gasteiger partial charge in [-0.3, -0.25) is 4.98 Å². The Morgan fingerprint density at radius 2 is 1.59 bits per heavy atom. The van der Waals surface area contributed by atoms with Gasteiger partial charge in [-0.25, -0.2) is 12.8 Å². The Labute approximate surface area is 187 Å². The van der Waals surface area contributed by atoms with Gasteiger partial charge in [0.2, 0.25) is 0 Å². The summed E-state index contributed by atoms with van der Waals surface area (Å²) in [6.07, 6.45) is 4.18. The van der Waals surface area contributed by atoms with E-state index in [4.69, 9.17) is 0 Å². The van der Waals surface area contributed by atoms with Crippen LogP contribution in [-0.4, -0.2) is 24.1 Å². The van der Waals surface area contributed by atoms with E-state index in [-0.39, 0.29) is 17.0 Å². The first kappa shape index (κ1) is 20.6. The maximum atomic E-state index is 13.5. The Balaban J connectivity index is 1.66. The minimum atomic E-state index is -3.29. The number of benzene rings is 2. The van der Waals surface area contributed by atoms with E-state index in [0.29, 0.717) is 11.3 Å². The molecule has 2 aromatic carbocycles. The first-order valence-corrected chi connectivity index (χ1v) is 12.1. The number of hydrogen-bond acceptors (Lipinski definition) is 3. The Bertz CT molecular complexity index is 1410. The number of H-pyrrole nitrogens is 1. The fraction of sp³-hybridized carbons (Fsp3) is 0.192. The summed E-state index contributed by atoms with van der Waals surface area (Å²) in [7, 11) is -3.29. The minimum absolute atomic E-state index is 0.162. The Morgan fingerprint density at radius 3 is 2.31 bits per heavy atom. The quantitative estimate of drug-likeness (QED) is 0.426. The van der Waals surface area contributed by atoms with Crippen LogP contribution >= 0.6 is 0 Å². The molecule has 0 saturated heterocycles. The molecule has 32 heavy (non-hydrogen) atoms. The van der Waals surface area contributed by atoms with Crippen LogP contribution in [0.3, 0.4) is 0 Å². The summed E-state index contributed by atoms with van der Waals surface area (Å²) in [6.45, 7) is 3.98. The molecule has 0 amide bonds. The molecule has 6 heteroatoms. The van der Waals surface area contributed by atoms with Crippen molar-refractivity contribution in [3.63, 3.8) is 0 Å². The molecule has 4 nitrogen and oxygen atoms in total. The first-order chi connectivity index (χ1) is 15.2. The molecule has 0 bridgehead atoms. The molecule has 0 radical (unpaired) electrons. The van der Waals surface area contributed by atoms with Crippen LogP contribution in [0, 0.1) is 11.2 Å². The lowest BCUT2D eigenvalue weighted by Crippen LogP contribution is -2.32. The van der Waals surface area contributed by atoms with Gasteiger partial charge < -0.3 is 4.98 Å². The summed E-state index contributed by atoms with van der Waals surface area (Å²) in [6, 6.07) is 17.8. The summed E-state index contributed by atoms with van der Waals surface area (Å²) in [5.41, 5.74) is 6.04. The van der Waals surface area contributed by atoms with Gasteiger partial charge in [-0.2, -0.15) is 0 Å². The van der Waals surface area contributed by atoms with Gasteiger partial charge in [0.25, 0.3) is 0 Å². The molecule has 0 spiro atoms. The van der Waals surface area contributed by atoms with E-state index < -0.39 is 9.84 Å². The van der Waals surface area contributed by atoms with Crippen LogP contribution in [0.1, 0.15) is 19.4 Å². The monoisotopic (exact) mass is 446 g/mol. The summed E-state index contributed by atoms with van der Waals surface area (Å²) in [5.74, 6) is -0.125. The number of aromatic amines is 1. The molecule has 0 aliphatic carbocycles. The van der Waals surface area contributed by atoms with E-state index in [0.717, 1.165) is 39.2 Å². The molecule has 5 rings (SSSR count). The zero-order chi connectivity index (χ0) is 22.5. The predicted molar refractivity (Wildman–Crippen MR) is 124 cm³/mol. The van der Waals surface area contributed by atoms with Crippen LogP contribution in [0.15, 0.2) is 78.0 Å². The smallest absolute Gasteiger partial charge is 0.179 e. The molecule has 1 aliphatic heterocycles. The topological polar surface area (TPSA) is 62.8 Å². The summed E-state index contributed by atoms with van der Waals surface area (Å²) < 4.78 is 39.0. The fourth-order valence-corrected chi connectivity index (χ4v) is 6.65. The third-order valence-corrected chi connectivity index (χ3v) is 8.13. The predicted octanol–water partition coefficient (Wildman–Crippen LogP) is 5.91. The lowest BCUT2D eigenvalue weighted by Gasteiger charge is -2.31. The maximum absolute atomic E-state index is 13.5. The van der Waals surface area contributed by atoms with E-state index in [1.54, 1.807) is 30.6 Å². The maximum Gasteiger partial charge on any atom is 0.179 e. The Hall–Kier alpha value is -3.25. The molecule has 0 saturated carbocycles. The summed E-state index contributed by atoms with van der Waals surface area (Å²) in [5, 5.41) is 0. The highest BCUT2D eigenvalue weighted by Crippen LogP contribution is 2.40. The molecule has 0 unspecified atom stereocenters. The third-order valence-electron chi connectivity index (χ3n) is 5.90. The number of halogens is 1. The molecule has 3 heterocycles. The number of fused-ring (bicyclic) bond motifs is 1. The number of rotatable bonds is 3. The SMILES string of the molecule is CC1(C)Cc2cc(-c3cc(-c4ccncc4)c(-c4ccc(F)cc4)[nH]3)ccc2S(=O)(=O)C1. The number of nitrogens with zero attached hydrogens (tertiary/aromatic N) is 1. The molecule has 4 aromatic rings. The normalized spacial score (nSPS) is 16.5. The van der Waals surface area contributed by atoms with Gasteiger partial charge in [-0.15, -0.1) is 0 Å². The average molecular weight is 447 g/mol. The Morgan fingerprint density at radius 1 is 0.906 bits per heavy atom. The van der Waals surface area contributed by atoms with Crippen molar-refractivity contribution in [1.29, 1.82) is 0 Å². The van der Waals surface area contributed by atoms with E-state index in [1.807, 2.05) is 38.1 Å².